The number of rotatable bonds is 7. The number of anilines is 3. The number of para-hydroxylation sites is 2. The first kappa shape index (κ1) is 48.7. The van der Waals surface area contributed by atoms with Gasteiger partial charge in [-0.3, -0.25) is 19.0 Å². The van der Waals surface area contributed by atoms with E-state index in [9.17, 15) is 19.2 Å². The number of aryl methyl sites for hydroxylation is 4. The first-order valence-electron chi connectivity index (χ1n) is 18.5. The molecule has 1 amide bonds. The van der Waals surface area contributed by atoms with Crippen LogP contribution in [-0.4, -0.2) is 33.6 Å². The molecule has 0 saturated carbocycles. The average molecular weight is 886 g/mol. The third-order valence-corrected chi connectivity index (χ3v) is 11.4. The quantitative estimate of drug-likeness (QED) is 0.0624. The van der Waals surface area contributed by atoms with Crippen molar-refractivity contribution in [2.75, 3.05) is 23.3 Å². The number of nitrogens with one attached hydrogen (secondary N) is 1. The lowest BCUT2D eigenvalue weighted by Crippen LogP contribution is -2.21. The maximum atomic E-state index is 12.8. The molecule has 0 aliphatic rings. The third kappa shape index (κ3) is 14.8. The molecular formula is C45H53BrN6O4S2. The Kier molecular flexibility index (Phi) is 20.5. The van der Waals surface area contributed by atoms with Crippen molar-refractivity contribution in [1.29, 1.82) is 0 Å². The van der Waals surface area contributed by atoms with Crippen LogP contribution in [0.15, 0.2) is 83.9 Å². The largest absolute Gasteiger partial charge is 0.397 e. The van der Waals surface area contributed by atoms with Crippen LogP contribution in [0.4, 0.5) is 16.4 Å². The number of amides is 1. The van der Waals surface area contributed by atoms with Crippen LogP contribution in [-0.2, 0) is 16.7 Å². The summed E-state index contributed by atoms with van der Waals surface area (Å²) in [4.78, 5) is 56.5. The van der Waals surface area contributed by atoms with Gasteiger partial charge < -0.3 is 26.4 Å². The number of benzene rings is 3. The number of nitrogen functional groups attached to an aromatic ring is 2. The smallest absolute Gasteiger partial charge is 0.262 e. The average Bonchev–Trinajstić information content (AvgIpc) is 3.65. The molecule has 6 aromatic rings. The van der Waals surface area contributed by atoms with Crippen molar-refractivity contribution in [3.63, 3.8) is 0 Å². The number of nitrogens with zero attached hydrogens (tertiary/aromatic N) is 3. The van der Waals surface area contributed by atoms with E-state index in [1.54, 1.807) is 49.0 Å². The Morgan fingerprint density at radius 2 is 1.40 bits per heavy atom. The normalized spacial score (nSPS) is 9.88. The van der Waals surface area contributed by atoms with Gasteiger partial charge in [-0.05, 0) is 95.0 Å². The lowest BCUT2D eigenvalue weighted by Gasteiger charge is -2.09. The summed E-state index contributed by atoms with van der Waals surface area (Å²) in [7, 11) is 0. The lowest BCUT2D eigenvalue weighted by molar-refractivity contribution is -0.116. The SMILES string of the molecule is CC(=O)c1c(N)sc(C)c1C.CCC(C)=O.Cc1ccc(CBr)cc1.Cc1sc2ncn(Cc3ccc(C(=O)Nc4ccccc4N)cc3)c(=O)c2c1C.[C-]#[N+]CC. The highest BCUT2D eigenvalue weighted by atomic mass is 79.9. The van der Waals surface area contributed by atoms with E-state index in [0.29, 0.717) is 52.4 Å². The van der Waals surface area contributed by atoms with Crippen LogP contribution in [0.2, 0.25) is 0 Å². The minimum absolute atomic E-state index is 0.0433. The first-order chi connectivity index (χ1) is 27.5. The van der Waals surface area contributed by atoms with E-state index < -0.39 is 0 Å². The number of fused-ring (bicyclic) bond motifs is 1. The Balaban J connectivity index is 0.000000325. The van der Waals surface area contributed by atoms with E-state index in [1.165, 1.54) is 33.8 Å². The molecular weight excluding hydrogens is 833 g/mol. The second kappa shape index (κ2) is 24.4. The Morgan fingerprint density at radius 1 is 0.845 bits per heavy atom. The fraction of sp³-hybridized carbons (Fsp3) is 0.289. The number of hydrogen-bond acceptors (Lipinski definition) is 9. The summed E-state index contributed by atoms with van der Waals surface area (Å²) in [6, 6.07) is 22.8. The molecule has 0 fully saturated rings. The summed E-state index contributed by atoms with van der Waals surface area (Å²) < 4.78 is 1.60. The predicted octanol–water partition coefficient (Wildman–Crippen LogP) is 10.9. The van der Waals surface area contributed by atoms with Crippen molar-refractivity contribution >= 4 is 82.7 Å². The Bertz CT molecular complexity index is 2390. The number of thiophene rings is 2. The molecule has 5 N–H and O–H groups in total. The van der Waals surface area contributed by atoms with Crippen molar-refractivity contribution < 1.29 is 14.4 Å². The fourth-order valence-electron chi connectivity index (χ4n) is 4.91. The van der Waals surface area contributed by atoms with Crippen LogP contribution in [0.3, 0.4) is 0 Å². The van der Waals surface area contributed by atoms with Crippen molar-refractivity contribution in [1.82, 2.24) is 9.55 Å². The molecule has 3 aromatic heterocycles. The summed E-state index contributed by atoms with van der Waals surface area (Å²) in [5.41, 5.74) is 19.4. The van der Waals surface area contributed by atoms with E-state index in [4.69, 9.17) is 18.0 Å². The van der Waals surface area contributed by atoms with Crippen LogP contribution in [0.5, 0.6) is 0 Å². The van der Waals surface area contributed by atoms with Crippen molar-refractivity contribution in [2.24, 2.45) is 0 Å². The van der Waals surface area contributed by atoms with Gasteiger partial charge in [-0.2, -0.15) is 0 Å². The van der Waals surface area contributed by atoms with Crippen molar-refractivity contribution in [3.05, 3.63) is 150 Å². The zero-order valence-electron chi connectivity index (χ0n) is 34.7. The van der Waals surface area contributed by atoms with Gasteiger partial charge in [0.15, 0.2) is 5.78 Å². The van der Waals surface area contributed by atoms with E-state index in [-0.39, 0.29) is 23.0 Å². The molecule has 0 aliphatic carbocycles. The van der Waals surface area contributed by atoms with E-state index in [1.807, 2.05) is 65.8 Å². The second-order valence-electron chi connectivity index (χ2n) is 13.1. The molecule has 6 rings (SSSR count). The molecule has 0 spiro atoms. The van der Waals surface area contributed by atoms with Gasteiger partial charge in [-0.25, -0.2) is 11.6 Å². The second-order valence-corrected chi connectivity index (χ2v) is 16.1. The Labute approximate surface area is 358 Å². The number of halogens is 1. The van der Waals surface area contributed by atoms with Gasteiger partial charge in [0.1, 0.15) is 10.6 Å². The number of nitrogens with two attached hydrogens (primary N) is 2. The summed E-state index contributed by atoms with van der Waals surface area (Å²) >= 11 is 6.40. The highest BCUT2D eigenvalue weighted by molar-refractivity contribution is 9.08. The Hall–Kier alpha value is -5.42. The first-order valence-corrected chi connectivity index (χ1v) is 21.2. The molecule has 58 heavy (non-hydrogen) atoms. The van der Waals surface area contributed by atoms with Gasteiger partial charge in [-0.1, -0.05) is 76.9 Å². The maximum absolute atomic E-state index is 12.8. The highest BCUT2D eigenvalue weighted by Crippen LogP contribution is 2.29. The van der Waals surface area contributed by atoms with Crippen LogP contribution in [0, 0.1) is 41.2 Å². The molecule has 0 saturated heterocycles. The molecule has 0 aliphatic heterocycles. The van der Waals surface area contributed by atoms with E-state index in [0.717, 1.165) is 36.6 Å². The summed E-state index contributed by atoms with van der Waals surface area (Å²) in [6.45, 7) is 23.8. The molecule has 0 bridgehead atoms. The molecule has 306 valence electrons. The maximum Gasteiger partial charge on any atom is 0.262 e. The summed E-state index contributed by atoms with van der Waals surface area (Å²) in [5, 5.41) is 5.09. The monoisotopic (exact) mass is 884 g/mol. The minimum Gasteiger partial charge on any atom is -0.397 e. The minimum atomic E-state index is -0.237. The number of carbonyl (C=O) groups is 3. The number of ketones is 2. The van der Waals surface area contributed by atoms with E-state index in [2.05, 4.69) is 62.3 Å². The van der Waals surface area contributed by atoms with Gasteiger partial charge in [0.2, 0.25) is 6.54 Å². The highest BCUT2D eigenvalue weighted by Gasteiger charge is 2.14. The molecule has 3 heterocycles. The molecule has 0 atom stereocenters. The zero-order valence-corrected chi connectivity index (χ0v) is 37.9. The van der Waals surface area contributed by atoms with Gasteiger partial charge in [0.05, 0.1) is 40.2 Å². The van der Waals surface area contributed by atoms with E-state index >= 15 is 0 Å². The molecule has 3 aromatic carbocycles. The fourth-order valence-corrected chi connectivity index (χ4v) is 7.26. The number of carbonyl (C=O) groups excluding carboxylic acids is 3. The van der Waals surface area contributed by atoms with Gasteiger partial charge in [-0.15, -0.1) is 22.7 Å². The van der Waals surface area contributed by atoms with Crippen molar-refractivity contribution in [2.45, 2.75) is 80.6 Å². The van der Waals surface area contributed by atoms with Crippen LogP contribution in [0.1, 0.15) is 92.4 Å². The number of hydrogen-bond donors (Lipinski definition) is 3. The van der Waals surface area contributed by atoms with Crippen LogP contribution in [0.25, 0.3) is 15.1 Å². The Morgan fingerprint density at radius 3 is 1.86 bits per heavy atom. The number of Topliss-reactive ketones (excluding diaryl/α,β-unsaturated/α-hetero) is 2. The van der Waals surface area contributed by atoms with Crippen molar-refractivity contribution in [3.8, 4) is 0 Å². The number of alkyl halides is 1. The van der Waals surface area contributed by atoms with Gasteiger partial charge >= 0.3 is 0 Å². The predicted molar refractivity (Wildman–Crippen MR) is 248 cm³/mol. The van der Waals surface area contributed by atoms with Gasteiger partial charge in [0, 0.05) is 34.0 Å². The van der Waals surface area contributed by atoms with Crippen LogP contribution < -0.4 is 22.3 Å². The molecule has 0 unspecified atom stereocenters. The van der Waals surface area contributed by atoms with Crippen LogP contribution >= 0.6 is 38.6 Å². The summed E-state index contributed by atoms with van der Waals surface area (Å²) in [6.07, 6.45) is 2.25. The van der Waals surface area contributed by atoms with Gasteiger partial charge in [0.25, 0.3) is 11.5 Å². The number of aromatic nitrogens is 2. The zero-order chi connectivity index (χ0) is 43.5. The molecule has 0 radical (unpaired) electrons. The summed E-state index contributed by atoms with van der Waals surface area (Å²) in [5.74, 6) is 0.0772. The third-order valence-electron chi connectivity index (χ3n) is 8.63. The molecule has 13 heteroatoms. The lowest BCUT2D eigenvalue weighted by atomic mass is 10.1. The standard InChI is InChI=1S/C22H20N4O2S.C8H9Br.C8H11NOS.C4H8O.C3H5N/c1-13-14(2)29-21-19(13)22(28)26(12-24-21)11-15-7-9-16(10-8-15)20(27)25-18-6-4-3-5-17(18)23;1-7-2-4-8(6-9)5-3-7;1-4-6(3)11-8(9)7(4)5(2)10;1-3-4(2)5;1-3-4-2/h3-10,12H,11,23H2,1-2H3,(H,25,27);2-5H,6H2,1H3;9H2,1-3H3;3H2,1-2H3;3H2,1H3. The topological polar surface area (TPSA) is 155 Å². The molecule has 10 nitrogen and oxygen atoms in total.